The largest absolute Gasteiger partial charge is 0.496 e. The fraction of sp³-hybridized carbons (Fsp3) is 0.250. The summed E-state index contributed by atoms with van der Waals surface area (Å²) in [5, 5.41) is 16.6. The summed E-state index contributed by atoms with van der Waals surface area (Å²) in [6.07, 6.45) is 1.25. The van der Waals surface area contributed by atoms with Crippen LogP contribution in [-0.4, -0.2) is 42.1 Å². The number of ether oxygens (including phenoxy) is 3. The lowest BCUT2D eigenvalue weighted by molar-refractivity contribution is -0.385. The number of rotatable bonds is 8. The first-order valence-corrected chi connectivity index (χ1v) is 11.9. The van der Waals surface area contributed by atoms with Gasteiger partial charge in [-0.2, -0.15) is 9.78 Å². The van der Waals surface area contributed by atoms with Crippen LogP contribution in [0.3, 0.4) is 0 Å². The average molecular weight is 517 g/mol. The Balaban J connectivity index is 2.01. The predicted octanol–water partition coefficient (Wildman–Crippen LogP) is 5.31. The lowest BCUT2D eigenvalue weighted by Crippen LogP contribution is -2.21. The Morgan fingerprint density at radius 1 is 1.00 bits per heavy atom. The zero-order chi connectivity index (χ0) is 27.6. The van der Waals surface area contributed by atoms with Crippen LogP contribution >= 0.6 is 0 Å². The Hall–Kier alpha value is -4.73. The third-order valence-electron chi connectivity index (χ3n) is 6.24. The monoisotopic (exact) mass is 516 g/mol. The molecule has 0 atom stereocenters. The van der Waals surface area contributed by atoms with Gasteiger partial charge in [-0.25, -0.2) is 4.98 Å². The van der Waals surface area contributed by atoms with Gasteiger partial charge in [-0.15, -0.1) is 0 Å². The molecule has 196 valence electrons. The summed E-state index contributed by atoms with van der Waals surface area (Å²) in [4.78, 5) is 29.7. The molecule has 10 nitrogen and oxygen atoms in total. The Labute approximate surface area is 219 Å². The number of aromatic nitrogens is 2. The second kappa shape index (κ2) is 10.7. The summed E-state index contributed by atoms with van der Waals surface area (Å²) < 4.78 is 17.3. The minimum Gasteiger partial charge on any atom is -0.496 e. The summed E-state index contributed by atoms with van der Waals surface area (Å²) in [6, 6.07) is 13.5. The van der Waals surface area contributed by atoms with Crippen LogP contribution in [0.5, 0.6) is 17.2 Å². The Morgan fingerprint density at radius 2 is 1.66 bits per heavy atom. The minimum atomic E-state index is -0.547. The third kappa shape index (κ3) is 4.80. The van der Waals surface area contributed by atoms with E-state index < -0.39 is 10.5 Å². The van der Waals surface area contributed by atoms with Gasteiger partial charge in [0.15, 0.2) is 17.3 Å². The molecule has 1 aromatic heterocycles. The lowest BCUT2D eigenvalue weighted by atomic mass is 9.96. The lowest BCUT2D eigenvalue weighted by Gasteiger charge is -2.17. The SMILES string of the molecule is COc1cc(C=Nn2c(-c3cc(C(C)C)c(OC)cc3C)nc3ccccc3c2=O)c([N+](=O)[O-])cc1OC. The van der Waals surface area contributed by atoms with Crippen molar-refractivity contribution in [2.75, 3.05) is 21.3 Å². The summed E-state index contributed by atoms with van der Waals surface area (Å²) in [5.41, 5.74) is 2.45. The van der Waals surface area contributed by atoms with Crippen LogP contribution in [0.4, 0.5) is 5.69 Å². The molecule has 1 heterocycles. The van der Waals surface area contributed by atoms with E-state index >= 15 is 0 Å². The maximum absolute atomic E-state index is 13.6. The van der Waals surface area contributed by atoms with E-state index in [2.05, 4.69) is 5.10 Å². The standard InChI is InChI=1S/C28H28N4O6/c1-16(2)20-13-21(17(3)11-24(20)36-4)27-30-22-10-8-7-9-19(22)28(33)31(27)29-15-18-12-25(37-5)26(38-6)14-23(18)32(34)35/h7-16H,1-6H3. The van der Waals surface area contributed by atoms with Crippen molar-refractivity contribution in [1.82, 2.24) is 9.66 Å². The van der Waals surface area contributed by atoms with Gasteiger partial charge in [0, 0.05) is 5.56 Å². The molecule has 38 heavy (non-hydrogen) atoms. The van der Waals surface area contributed by atoms with Crippen molar-refractivity contribution >= 4 is 22.8 Å². The highest BCUT2D eigenvalue weighted by Gasteiger charge is 2.21. The first kappa shape index (κ1) is 26.3. The molecule has 0 bridgehead atoms. The van der Waals surface area contributed by atoms with Crippen molar-refractivity contribution < 1.29 is 19.1 Å². The van der Waals surface area contributed by atoms with E-state index in [1.54, 1.807) is 31.4 Å². The van der Waals surface area contributed by atoms with Gasteiger partial charge in [-0.3, -0.25) is 14.9 Å². The van der Waals surface area contributed by atoms with Crippen LogP contribution in [0, 0.1) is 17.0 Å². The van der Waals surface area contributed by atoms with Gasteiger partial charge in [0.2, 0.25) is 0 Å². The first-order valence-electron chi connectivity index (χ1n) is 11.9. The highest BCUT2D eigenvalue weighted by molar-refractivity contribution is 5.87. The zero-order valence-electron chi connectivity index (χ0n) is 22.0. The third-order valence-corrected chi connectivity index (χ3v) is 6.24. The van der Waals surface area contributed by atoms with E-state index in [1.165, 1.54) is 37.2 Å². The second-order valence-corrected chi connectivity index (χ2v) is 8.90. The molecule has 0 fully saturated rings. The predicted molar refractivity (Wildman–Crippen MR) is 146 cm³/mol. The average Bonchev–Trinajstić information content (AvgIpc) is 2.91. The normalized spacial score (nSPS) is 11.3. The van der Waals surface area contributed by atoms with Crippen LogP contribution in [-0.2, 0) is 0 Å². The summed E-state index contributed by atoms with van der Waals surface area (Å²) in [5.74, 6) is 1.67. The molecular formula is C28H28N4O6. The highest BCUT2D eigenvalue weighted by Crippen LogP contribution is 2.35. The smallest absolute Gasteiger partial charge is 0.282 e. The number of methoxy groups -OCH3 is 3. The van der Waals surface area contributed by atoms with Crippen LogP contribution in [0.25, 0.3) is 22.3 Å². The number of nitro benzene ring substituents is 1. The van der Waals surface area contributed by atoms with Crippen molar-refractivity contribution in [3.63, 3.8) is 0 Å². The second-order valence-electron chi connectivity index (χ2n) is 8.90. The summed E-state index contributed by atoms with van der Waals surface area (Å²) >= 11 is 0. The molecule has 0 unspecified atom stereocenters. The number of hydrogen-bond acceptors (Lipinski definition) is 8. The Bertz CT molecular complexity index is 1620. The van der Waals surface area contributed by atoms with Crippen molar-refractivity contribution in [1.29, 1.82) is 0 Å². The van der Waals surface area contributed by atoms with E-state index in [4.69, 9.17) is 19.2 Å². The van der Waals surface area contributed by atoms with E-state index in [0.717, 1.165) is 16.9 Å². The van der Waals surface area contributed by atoms with Gasteiger partial charge in [-0.05, 0) is 54.3 Å². The zero-order valence-corrected chi connectivity index (χ0v) is 22.0. The maximum Gasteiger partial charge on any atom is 0.282 e. The number of nitro groups is 1. The minimum absolute atomic E-state index is 0.132. The number of fused-ring (bicyclic) bond motifs is 1. The summed E-state index contributed by atoms with van der Waals surface area (Å²) in [7, 11) is 4.44. The molecule has 3 aromatic carbocycles. The molecule has 0 radical (unpaired) electrons. The van der Waals surface area contributed by atoms with Crippen molar-refractivity contribution in [2.24, 2.45) is 5.10 Å². The molecule has 0 aliphatic carbocycles. The molecule has 10 heteroatoms. The van der Waals surface area contributed by atoms with E-state index in [-0.39, 0.29) is 28.7 Å². The van der Waals surface area contributed by atoms with Gasteiger partial charge >= 0.3 is 0 Å². The molecule has 0 N–H and O–H groups in total. The van der Waals surface area contributed by atoms with Crippen LogP contribution in [0.15, 0.2) is 58.4 Å². The van der Waals surface area contributed by atoms with Gasteiger partial charge in [-0.1, -0.05) is 26.0 Å². The van der Waals surface area contributed by atoms with E-state index in [1.807, 2.05) is 32.9 Å². The molecule has 0 aliphatic rings. The maximum atomic E-state index is 13.6. The quantitative estimate of drug-likeness (QED) is 0.177. The van der Waals surface area contributed by atoms with Crippen molar-refractivity contribution in [3.05, 3.63) is 85.7 Å². The number of para-hydroxylation sites is 1. The molecule has 0 saturated carbocycles. The van der Waals surface area contributed by atoms with Crippen molar-refractivity contribution in [3.8, 4) is 28.6 Å². The van der Waals surface area contributed by atoms with Gasteiger partial charge in [0.05, 0.1) is 55.0 Å². The highest BCUT2D eigenvalue weighted by atomic mass is 16.6. The molecular weight excluding hydrogens is 488 g/mol. The fourth-order valence-electron chi connectivity index (χ4n) is 4.24. The Morgan fingerprint density at radius 3 is 2.29 bits per heavy atom. The number of nitrogens with zero attached hydrogens (tertiary/aromatic N) is 4. The molecule has 4 aromatic rings. The van der Waals surface area contributed by atoms with Gasteiger partial charge < -0.3 is 14.2 Å². The molecule has 0 saturated heterocycles. The molecule has 0 aliphatic heterocycles. The molecule has 0 spiro atoms. The first-order chi connectivity index (χ1) is 18.2. The molecule has 4 rings (SSSR count). The number of hydrogen-bond donors (Lipinski definition) is 0. The van der Waals surface area contributed by atoms with Gasteiger partial charge in [0.1, 0.15) is 5.75 Å². The van der Waals surface area contributed by atoms with Crippen LogP contribution in [0.1, 0.15) is 36.5 Å². The fourth-order valence-corrected chi connectivity index (χ4v) is 4.24. The van der Waals surface area contributed by atoms with Crippen LogP contribution < -0.4 is 19.8 Å². The summed E-state index contributed by atoms with van der Waals surface area (Å²) in [6.45, 7) is 6.00. The van der Waals surface area contributed by atoms with Crippen molar-refractivity contribution in [2.45, 2.75) is 26.7 Å². The Kier molecular flexibility index (Phi) is 7.43. The molecule has 0 amide bonds. The van der Waals surface area contributed by atoms with E-state index in [9.17, 15) is 14.9 Å². The number of aryl methyl sites for hydroxylation is 1. The topological polar surface area (TPSA) is 118 Å². The van der Waals surface area contributed by atoms with E-state index in [0.29, 0.717) is 22.3 Å². The van der Waals surface area contributed by atoms with Gasteiger partial charge in [0.25, 0.3) is 11.2 Å². The van der Waals surface area contributed by atoms with Crippen LogP contribution in [0.2, 0.25) is 0 Å². The number of benzene rings is 3.